The molecular formula is C29H27ClFNO5. The van der Waals surface area contributed by atoms with Gasteiger partial charge in [-0.25, -0.2) is 4.39 Å². The van der Waals surface area contributed by atoms with E-state index in [0.717, 1.165) is 5.56 Å². The molecular weight excluding hydrogens is 497 g/mol. The fourth-order valence-corrected chi connectivity index (χ4v) is 4.61. The number of aliphatic hydroxyl groups excluding tert-OH is 1. The number of rotatable bonds is 8. The van der Waals surface area contributed by atoms with E-state index >= 15 is 0 Å². The Bertz CT molecular complexity index is 1350. The molecule has 1 unspecified atom stereocenters. The largest absolute Gasteiger partial charge is 0.507 e. The van der Waals surface area contributed by atoms with Gasteiger partial charge in [-0.3, -0.25) is 9.59 Å². The number of hydrogen-bond acceptors (Lipinski definition) is 5. The van der Waals surface area contributed by atoms with Gasteiger partial charge in [0.1, 0.15) is 23.1 Å². The Kier molecular flexibility index (Phi) is 7.83. The van der Waals surface area contributed by atoms with E-state index in [-0.39, 0.29) is 40.4 Å². The second-order valence-corrected chi connectivity index (χ2v) is 9.36. The highest BCUT2D eigenvalue weighted by atomic mass is 35.5. The molecule has 0 aromatic heterocycles. The molecule has 0 radical (unpaired) electrons. The van der Waals surface area contributed by atoms with E-state index < -0.39 is 17.7 Å². The summed E-state index contributed by atoms with van der Waals surface area (Å²) in [4.78, 5) is 28.0. The highest BCUT2D eigenvalue weighted by molar-refractivity contribution is 6.46. The van der Waals surface area contributed by atoms with Gasteiger partial charge in [0, 0.05) is 12.1 Å². The number of ether oxygens (including phenoxy) is 2. The first-order valence-corrected chi connectivity index (χ1v) is 12.2. The summed E-state index contributed by atoms with van der Waals surface area (Å²) in [5.41, 5.74) is 1.65. The predicted octanol–water partition coefficient (Wildman–Crippen LogP) is 5.94. The van der Waals surface area contributed by atoms with Crippen LogP contribution in [-0.4, -0.2) is 41.5 Å². The third-order valence-electron chi connectivity index (χ3n) is 6.07. The maximum Gasteiger partial charge on any atom is 0.295 e. The molecule has 1 atom stereocenters. The lowest BCUT2D eigenvalue weighted by Crippen LogP contribution is -2.31. The summed E-state index contributed by atoms with van der Waals surface area (Å²) in [6.07, 6.45) is 0.307. The Balaban J connectivity index is 1.80. The Hall–Kier alpha value is -3.84. The zero-order valence-electron chi connectivity index (χ0n) is 20.7. The number of likely N-dealkylation sites (tertiary alicyclic amines) is 1. The number of Topliss-reactive ketones (excluding diaryl/α,β-unsaturated/α-hetero) is 1. The highest BCUT2D eigenvalue weighted by Crippen LogP contribution is 2.41. The van der Waals surface area contributed by atoms with Gasteiger partial charge >= 0.3 is 0 Å². The zero-order valence-corrected chi connectivity index (χ0v) is 21.5. The molecule has 3 aromatic rings. The van der Waals surface area contributed by atoms with Crippen molar-refractivity contribution in [1.82, 2.24) is 4.90 Å². The number of hydrogen-bond donors (Lipinski definition) is 1. The fraction of sp³-hybridized carbons (Fsp3) is 0.241. The maximum absolute atomic E-state index is 13.4. The first-order valence-electron chi connectivity index (χ1n) is 11.8. The lowest BCUT2D eigenvalue weighted by molar-refractivity contribution is -0.139. The van der Waals surface area contributed by atoms with Crippen LogP contribution in [0, 0.1) is 5.82 Å². The molecule has 1 fully saturated rings. The fourth-order valence-electron chi connectivity index (χ4n) is 4.36. The van der Waals surface area contributed by atoms with E-state index in [0.29, 0.717) is 23.5 Å². The van der Waals surface area contributed by atoms with Crippen molar-refractivity contribution in [2.75, 3.05) is 13.7 Å². The Morgan fingerprint density at radius 2 is 1.81 bits per heavy atom. The van der Waals surface area contributed by atoms with Gasteiger partial charge in [-0.1, -0.05) is 35.9 Å². The Morgan fingerprint density at radius 3 is 2.46 bits per heavy atom. The quantitative estimate of drug-likeness (QED) is 0.225. The summed E-state index contributed by atoms with van der Waals surface area (Å²) in [6.45, 7) is 3.97. The standard InChI is InChI=1S/C29H27ClFNO5/c1-17(2)37-22-6-4-5-19(15-22)26-25(27(33)20-9-12-24(36-3)23(30)16-20)28(34)29(35)32(26)14-13-18-7-10-21(31)11-8-18/h4-12,15-17,26,33H,13-14H2,1-3H3/b27-25+. The van der Waals surface area contributed by atoms with Gasteiger partial charge < -0.3 is 19.5 Å². The molecule has 1 aliphatic rings. The smallest absolute Gasteiger partial charge is 0.295 e. The topological polar surface area (TPSA) is 76.1 Å². The van der Waals surface area contributed by atoms with Gasteiger partial charge in [0.05, 0.1) is 29.9 Å². The summed E-state index contributed by atoms with van der Waals surface area (Å²) in [7, 11) is 1.47. The molecule has 0 saturated carbocycles. The van der Waals surface area contributed by atoms with E-state index in [1.54, 1.807) is 48.5 Å². The minimum absolute atomic E-state index is 0.0490. The second-order valence-electron chi connectivity index (χ2n) is 8.96. The maximum atomic E-state index is 13.4. The van der Waals surface area contributed by atoms with Crippen LogP contribution in [0.1, 0.15) is 36.6 Å². The molecule has 8 heteroatoms. The molecule has 0 aliphatic carbocycles. The van der Waals surface area contributed by atoms with Crippen LogP contribution in [0.2, 0.25) is 5.02 Å². The van der Waals surface area contributed by atoms with Crippen LogP contribution in [0.4, 0.5) is 4.39 Å². The van der Waals surface area contributed by atoms with Crippen LogP contribution in [0.25, 0.3) is 5.76 Å². The summed E-state index contributed by atoms with van der Waals surface area (Å²) in [6, 6.07) is 16.8. The van der Waals surface area contributed by atoms with E-state index in [9.17, 15) is 19.1 Å². The van der Waals surface area contributed by atoms with E-state index in [1.165, 1.54) is 30.2 Å². The van der Waals surface area contributed by atoms with E-state index in [2.05, 4.69) is 0 Å². The number of amides is 1. The van der Waals surface area contributed by atoms with E-state index in [1.807, 2.05) is 13.8 Å². The summed E-state index contributed by atoms with van der Waals surface area (Å²) < 4.78 is 24.4. The average molecular weight is 524 g/mol. The number of carbonyl (C=O) groups excluding carboxylic acids is 2. The van der Waals surface area contributed by atoms with Crippen molar-refractivity contribution in [2.24, 2.45) is 0 Å². The molecule has 1 aliphatic heterocycles. The summed E-state index contributed by atoms with van der Waals surface area (Å²) in [5.74, 6) is -1.25. The Labute approximate surface area is 219 Å². The zero-order chi connectivity index (χ0) is 26.7. The molecule has 0 spiro atoms. The monoisotopic (exact) mass is 523 g/mol. The lowest BCUT2D eigenvalue weighted by atomic mass is 9.95. The third-order valence-corrected chi connectivity index (χ3v) is 6.36. The number of methoxy groups -OCH3 is 1. The molecule has 1 heterocycles. The van der Waals surface area contributed by atoms with Crippen LogP contribution < -0.4 is 9.47 Å². The molecule has 1 N–H and O–H groups in total. The summed E-state index contributed by atoms with van der Waals surface area (Å²) in [5, 5.41) is 11.5. The van der Waals surface area contributed by atoms with Crippen molar-refractivity contribution in [3.05, 3.63) is 99.8 Å². The van der Waals surface area contributed by atoms with E-state index in [4.69, 9.17) is 21.1 Å². The molecule has 37 heavy (non-hydrogen) atoms. The van der Waals surface area contributed by atoms with Crippen molar-refractivity contribution in [1.29, 1.82) is 0 Å². The molecule has 0 bridgehead atoms. The molecule has 6 nitrogen and oxygen atoms in total. The minimum Gasteiger partial charge on any atom is -0.507 e. The second kappa shape index (κ2) is 11.0. The molecule has 192 valence electrons. The van der Waals surface area contributed by atoms with Gasteiger partial charge in [-0.15, -0.1) is 0 Å². The number of nitrogens with zero attached hydrogens (tertiary/aromatic N) is 1. The van der Waals surface area contributed by atoms with Crippen molar-refractivity contribution >= 4 is 29.1 Å². The van der Waals surface area contributed by atoms with Gasteiger partial charge in [-0.2, -0.15) is 0 Å². The highest BCUT2D eigenvalue weighted by Gasteiger charge is 2.46. The van der Waals surface area contributed by atoms with Crippen LogP contribution in [-0.2, 0) is 16.0 Å². The van der Waals surface area contributed by atoms with Crippen LogP contribution >= 0.6 is 11.6 Å². The number of halogens is 2. The summed E-state index contributed by atoms with van der Waals surface area (Å²) >= 11 is 6.26. The normalized spacial score (nSPS) is 16.9. The molecule has 3 aromatic carbocycles. The number of ketones is 1. The van der Waals surface area contributed by atoms with Crippen molar-refractivity contribution in [3.8, 4) is 11.5 Å². The van der Waals surface area contributed by atoms with Crippen molar-refractivity contribution in [2.45, 2.75) is 32.4 Å². The average Bonchev–Trinajstić information content (AvgIpc) is 3.12. The number of carbonyl (C=O) groups is 2. The molecule has 1 amide bonds. The van der Waals surface area contributed by atoms with Gasteiger partial charge in [0.2, 0.25) is 0 Å². The lowest BCUT2D eigenvalue weighted by Gasteiger charge is -2.26. The first kappa shape index (κ1) is 26.2. The van der Waals surface area contributed by atoms with Crippen molar-refractivity contribution < 1.29 is 28.6 Å². The van der Waals surface area contributed by atoms with Gasteiger partial charge in [-0.05, 0) is 73.9 Å². The first-order chi connectivity index (χ1) is 17.7. The van der Waals surface area contributed by atoms with Gasteiger partial charge in [0.25, 0.3) is 11.7 Å². The number of aliphatic hydroxyl groups is 1. The van der Waals surface area contributed by atoms with Gasteiger partial charge in [0.15, 0.2) is 0 Å². The molecule has 4 rings (SSSR count). The molecule has 1 saturated heterocycles. The Morgan fingerprint density at radius 1 is 1.08 bits per heavy atom. The minimum atomic E-state index is -0.864. The van der Waals surface area contributed by atoms with Crippen LogP contribution in [0.5, 0.6) is 11.5 Å². The van der Waals surface area contributed by atoms with Crippen LogP contribution in [0.3, 0.4) is 0 Å². The SMILES string of the molecule is COc1ccc(/C(O)=C2\C(=O)C(=O)N(CCc3ccc(F)cc3)C2c2cccc(OC(C)C)c2)cc1Cl. The van der Waals surface area contributed by atoms with Crippen LogP contribution in [0.15, 0.2) is 72.3 Å². The van der Waals surface area contributed by atoms with Crippen molar-refractivity contribution in [3.63, 3.8) is 0 Å². The third kappa shape index (κ3) is 5.62. The predicted molar refractivity (Wildman–Crippen MR) is 139 cm³/mol. The number of benzene rings is 3.